The number of hydrogen-bond acceptors (Lipinski definition) is 3. The van der Waals surface area contributed by atoms with Crippen LogP contribution in [0.25, 0.3) is 0 Å². The maximum atomic E-state index is 12.2. The molecule has 1 saturated carbocycles. The van der Waals surface area contributed by atoms with Crippen LogP contribution in [0.1, 0.15) is 23.4 Å². The van der Waals surface area contributed by atoms with Crippen molar-refractivity contribution in [3.63, 3.8) is 0 Å². The number of nitrogens with zero attached hydrogens (tertiary/aromatic N) is 2. The van der Waals surface area contributed by atoms with E-state index in [2.05, 4.69) is 17.1 Å². The lowest BCUT2D eigenvalue weighted by atomic mass is 9.93. The third-order valence-electron chi connectivity index (χ3n) is 5.30. The summed E-state index contributed by atoms with van der Waals surface area (Å²) in [7, 11) is 0. The van der Waals surface area contributed by atoms with E-state index in [1.165, 1.54) is 19.4 Å². The van der Waals surface area contributed by atoms with Crippen LogP contribution in [-0.2, 0) is 0 Å². The molecule has 3 atom stereocenters. The highest BCUT2D eigenvalue weighted by Crippen LogP contribution is 2.43. The highest BCUT2D eigenvalue weighted by Gasteiger charge is 2.36. The van der Waals surface area contributed by atoms with Crippen molar-refractivity contribution in [2.45, 2.75) is 12.8 Å². The second kappa shape index (κ2) is 5.34. The third-order valence-corrected chi connectivity index (χ3v) is 5.30. The van der Waals surface area contributed by atoms with Crippen molar-refractivity contribution < 1.29 is 9.21 Å². The molecule has 4 heteroatoms. The maximum Gasteiger partial charge on any atom is 0.289 e. The average molecular weight is 286 g/mol. The van der Waals surface area contributed by atoms with Crippen LogP contribution in [0.5, 0.6) is 0 Å². The van der Waals surface area contributed by atoms with Crippen LogP contribution in [0, 0.1) is 17.8 Å². The van der Waals surface area contributed by atoms with Gasteiger partial charge in [-0.2, -0.15) is 0 Å². The van der Waals surface area contributed by atoms with Gasteiger partial charge in [-0.25, -0.2) is 0 Å². The Morgan fingerprint density at radius 1 is 1.19 bits per heavy atom. The quantitative estimate of drug-likeness (QED) is 0.800. The van der Waals surface area contributed by atoms with E-state index in [9.17, 15) is 4.79 Å². The predicted molar refractivity (Wildman–Crippen MR) is 79.9 cm³/mol. The summed E-state index contributed by atoms with van der Waals surface area (Å²) in [6.07, 6.45) is 9.14. The van der Waals surface area contributed by atoms with Crippen molar-refractivity contribution in [2.24, 2.45) is 17.8 Å². The predicted octanol–water partition coefficient (Wildman–Crippen LogP) is 2.25. The van der Waals surface area contributed by atoms with Gasteiger partial charge in [0, 0.05) is 32.7 Å². The first kappa shape index (κ1) is 13.1. The first-order chi connectivity index (χ1) is 10.3. The van der Waals surface area contributed by atoms with E-state index in [4.69, 9.17) is 4.42 Å². The zero-order valence-corrected chi connectivity index (χ0v) is 12.3. The van der Waals surface area contributed by atoms with Crippen LogP contribution in [0.15, 0.2) is 35.0 Å². The number of fused-ring (bicyclic) bond motifs is 2. The minimum Gasteiger partial charge on any atom is -0.459 e. The summed E-state index contributed by atoms with van der Waals surface area (Å²) in [6, 6.07) is 3.52. The number of piperazine rings is 1. The van der Waals surface area contributed by atoms with Gasteiger partial charge < -0.3 is 9.32 Å². The van der Waals surface area contributed by atoms with Crippen molar-refractivity contribution in [2.75, 3.05) is 32.7 Å². The summed E-state index contributed by atoms with van der Waals surface area (Å²) < 4.78 is 5.20. The van der Waals surface area contributed by atoms with Gasteiger partial charge in [0.1, 0.15) is 0 Å². The summed E-state index contributed by atoms with van der Waals surface area (Å²) in [5.41, 5.74) is 0. The summed E-state index contributed by atoms with van der Waals surface area (Å²) >= 11 is 0. The molecule has 2 bridgehead atoms. The fraction of sp³-hybridized carbons (Fsp3) is 0.588. The number of furan rings is 1. The van der Waals surface area contributed by atoms with Crippen molar-refractivity contribution >= 4 is 5.91 Å². The summed E-state index contributed by atoms with van der Waals surface area (Å²) in [6.45, 7) is 4.81. The lowest BCUT2D eigenvalue weighted by molar-refractivity contribution is 0.0580. The minimum absolute atomic E-state index is 0.0301. The number of carbonyl (C=O) groups is 1. The van der Waals surface area contributed by atoms with Crippen LogP contribution in [0.3, 0.4) is 0 Å². The zero-order valence-electron chi connectivity index (χ0n) is 12.3. The fourth-order valence-electron chi connectivity index (χ4n) is 4.13. The van der Waals surface area contributed by atoms with Gasteiger partial charge in [0.05, 0.1) is 6.26 Å². The molecule has 1 aromatic rings. The average Bonchev–Trinajstić information content (AvgIpc) is 3.25. The molecule has 1 amide bonds. The summed E-state index contributed by atoms with van der Waals surface area (Å²) in [5, 5.41) is 0. The van der Waals surface area contributed by atoms with E-state index in [0.717, 1.165) is 43.9 Å². The molecule has 0 N–H and O–H groups in total. The van der Waals surface area contributed by atoms with E-state index in [1.54, 1.807) is 18.4 Å². The van der Waals surface area contributed by atoms with Gasteiger partial charge in [0.2, 0.25) is 0 Å². The standard InChI is InChI=1S/C17H22N2O2/c20-17(16-2-1-9-21-16)19-7-5-18(6-8-19)12-15-11-13-3-4-14(15)10-13/h1-4,9,13-15H,5-8,10-12H2/t13-,14-,15+/m1/s1. The Labute approximate surface area is 125 Å². The molecule has 112 valence electrons. The van der Waals surface area contributed by atoms with Gasteiger partial charge in [-0.05, 0) is 42.7 Å². The highest BCUT2D eigenvalue weighted by atomic mass is 16.3. The maximum absolute atomic E-state index is 12.2. The molecule has 0 radical (unpaired) electrons. The van der Waals surface area contributed by atoms with Crippen molar-refractivity contribution in [3.05, 3.63) is 36.3 Å². The summed E-state index contributed by atoms with van der Waals surface area (Å²) in [4.78, 5) is 16.7. The van der Waals surface area contributed by atoms with Crippen LogP contribution >= 0.6 is 0 Å². The minimum atomic E-state index is 0.0301. The Hall–Kier alpha value is -1.55. The van der Waals surface area contributed by atoms with Gasteiger partial charge >= 0.3 is 0 Å². The molecule has 0 aromatic carbocycles. The first-order valence-corrected chi connectivity index (χ1v) is 8.03. The van der Waals surface area contributed by atoms with Crippen molar-refractivity contribution in [3.8, 4) is 0 Å². The highest BCUT2D eigenvalue weighted by molar-refractivity contribution is 5.91. The zero-order chi connectivity index (χ0) is 14.2. The van der Waals surface area contributed by atoms with E-state index < -0.39 is 0 Å². The molecule has 1 aromatic heterocycles. The SMILES string of the molecule is O=C(c1ccco1)N1CCN(C[C@@H]2C[C@@H]3C=C[C@@H]2C3)CC1. The Bertz CT molecular complexity index is 529. The van der Waals surface area contributed by atoms with Crippen molar-refractivity contribution in [1.29, 1.82) is 0 Å². The smallest absolute Gasteiger partial charge is 0.289 e. The lowest BCUT2D eigenvalue weighted by Crippen LogP contribution is -2.50. The number of hydrogen-bond donors (Lipinski definition) is 0. The molecular weight excluding hydrogens is 264 g/mol. The van der Waals surface area contributed by atoms with Crippen molar-refractivity contribution in [1.82, 2.24) is 9.80 Å². The molecule has 4 nitrogen and oxygen atoms in total. The normalized spacial score (nSPS) is 32.0. The summed E-state index contributed by atoms with van der Waals surface area (Å²) in [5.74, 6) is 3.00. The Kier molecular flexibility index (Phi) is 3.34. The van der Waals surface area contributed by atoms with E-state index in [1.807, 2.05) is 4.90 Å². The molecule has 2 heterocycles. The van der Waals surface area contributed by atoms with Gasteiger partial charge in [0.25, 0.3) is 5.91 Å². The van der Waals surface area contributed by atoms with Crippen LogP contribution in [0.4, 0.5) is 0 Å². The third kappa shape index (κ3) is 2.53. The molecule has 3 aliphatic rings. The molecule has 0 spiro atoms. The molecular formula is C17H22N2O2. The van der Waals surface area contributed by atoms with Crippen LogP contribution in [-0.4, -0.2) is 48.4 Å². The number of rotatable bonds is 3. The second-order valence-electron chi connectivity index (χ2n) is 6.61. The molecule has 0 unspecified atom stereocenters. The molecule has 2 fully saturated rings. The number of amides is 1. The molecule has 2 aliphatic carbocycles. The lowest BCUT2D eigenvalue weighted by Gasteiger charge is -2.36. The fourth-order valence-corrected chi connectivity index (χ4v) is 4.13. The molecule has 21 heavy (non-hydrogen) atoms. The van der Waals surface area contributed by atoms with Crippen LogP contribution < -0.4 is 0 Å². The molecule has 4 rings (SSSR count). The number of carbonyl (C=O) groups excluding carboxylic acids is 1. The topological polar surface area (TPSA) is 36.7 Å². The first-order valence-electron chi connectivity index (χ1n) is 8.03. The largest absolute Gasteiger partial charge is 0.459 e. The monoisotopic (exact) mass is 286 g/mol. The van der Waals surface area contributed by atoms with Gasteiger partial charge in [-0.1, -0.05) is 12.2 Å². The van der Waals surface area contributed by atoms with E-state index in [0.29, 0.717) is 5.76 Å². The van der Waals surface area contributed by atoms with Gasteiger partial charge in [0.15, 0.2) is 5.76 Å². The Morgan fingerprint density at radius 2 is 2.05 bits per heavy atom. The van der Waals surface area contributed by atoms with E-state index in [-0.39, 0.29) is 5.91 Å². The van der Waals surface area contributed by atoms with Crippen LogP contribution in [0.2, 0.25) is 0 Å². The Morgan fingerprint density at radius 3 is 2.67 bits per heavy atom. The van der Waals surface area contributed by atoms with E-state index >= 15 is 0 Å². The molecule has 1 aliphatic heterocycles. The second-order valence-corrected chi connectivity index (χ2v) is 6.61. The van der Waals surface area contributed by atoms with Gasteiger partial charge in [-0.3, -0.25) is 9.69 Å². The molecule has 1 saturated heterocycles. The van der Waals surface area contributed by atoms with Gasteiger partial charge in [-0.15, -0.1) is 0 Å². The Balaban J connectivity index is 1.29. The number of allylic oxidation sites excluding steroid dienone is 2.